The van der Waals surface area contributed by atoms with Gasteiger partial charge in [-0.15, -0.1) is 0 Å². The van der Waals surface area contributed by atoms with Crippen molar-refractivity contribution in [2.45, 2.75) is 18.8 Å². The average Bonchev–Trinajstić information content (AvgIpc) is 2.72. The summed E-state index contributed by atoms with van der Waals surface area (Å²) < 4.78 is 43.9. The molecule has 0 saturated carbocycles. The number of hydrogen-bond donors (Lipinski definition) is 2. The van der Waals surface area contributed by atoms with Crippen LogP contribution in [0.25, 0.3) is 10.9 Å². The van der Waals surface area contributed by atoms with Crippen LogP contribution in [0.1, 0.15) is 5.56 Å². The number of aliphatic hydroxyl groups excluding tert-OH is 1. The summed E-state index contributed by atoms with van der Waals surface area (Å²) in [6.45, 7) is -0.665. The van der Waals surface area contributed by atoms with Crippen LogP contribution in [0.3, 0.4) is 0 Å². The van der Waals surface area contributed by atoms with E-state index in [4.69, 9.17) is 4.74 Å². The zero-order valence-electron chi connectivity index (χ0n) is 15.6. The second-order valence-electron chi connectivity index (χ2n) is 6.49. The Morgan fingerprint density at radius 3 is 2.57 bits per heavy atom. The Kier molecular flexibility index (Phi) is 6.36. The fraction of sp³-hybridized carbons (Fsp3) is 0.250. The molecule has 158 valence electrons. The highest BCUT2D eigenvalue weighted by Gasteiger charge is 2.30. The Morgan fingerprint density at radius 1 is 1.17 bits per heavy atom. The maximum atomic E-state index is 12.5. The van der Waals surface area contributed by atoms with Gasteiger partial charge in [0.2, 0.25) is 5.91 Å². The number of alkyl halides is 3. The minimum Gasteiger partial charge on any atom is -0.491 e. The first-order valence-corrected chi connectivity index (χ1v) is 8.93. The first-order chi connectivity index (χ1) is 14.2. The van der Waals surface area contributed by atoms with Crippen LogP contribution in [0, 0.1) is 0 Å². The molecule has 0 spiro atoms. The zero-order valence-corrected chi connectivity index (χ0v) is 15.6. The Morgan fingerprint density at radius 2 is 1.87 bits per heavy atom. The molecule has 1 atom stereocenters. The van der Waals surface area contributed by atoms with E-state index < -0.39 is 23.8 Å². The summed E-state index contributed by atoms with van der Waals surface area (Å²) in [6, 6.07) is 10.8. The lowest BCUT2D eigenvalue weighted by atomic mass is 10.2. The van der Waals surface area contributed by atoms with Gasteiger partial charge >= 0.3 is 6.18 Å². The third-order valence-corrected chi connectivity index (χ3v) is 4.20. The van der Waals surface area contributed by atoms with Gasteiger partial charge in [0.1, 0.15) is 25.0 Å². The summed E-state index contributed by atoms with van der Waals surface area (Å²) in [5, 5.41) is 12.8. The van der Waals surface area contributed by atoms with Crippen LogP contribution in [-0.4, -0.2) is 39.8 Å². The quantitative estimate of drug-likeness (QED) is 0.609. The Hall–Kier alpha value is -3.40. The predicted octanol–water partition coefficient (Wildman–Crippen LogP) is 1.97. The monoisotopic (exact) mass is 421 g/mol. The Balaban J connectivity index is 1.48. The van der Waals surface area contributed by atoms with E-state index in [0.717, 1.165) is 28.8 Å². The first-order valence-electron chi connectivity index (χ1n) is 8.93. The molecule has 0 aliphatic rings. The van der Waals surface area contributed by atoms with Gasteiger partial charge in [-0.1, -0.05) is 12.1 Å². The van der Waals surface area contributed by atoms with Crippen LogP contribution < -0.4 is 15.6 Å². The van der Waals surface area contributed by atoms with Crippen molar-refractivity contribution in [1.82, 2.24) is 14.9 Å². The fourth-order valence-corrected chi connectivity index (χ4v) is 2.65. The number of rotatable bonds is 7. The van der Waals surface area contributed by atoms with Gasteiger partial charge in [0.05, 0.1) is 22.8 Å². The average molecular weight is 421 g/mol. The highest BCUT2D eigenvalue weighted by atomic mass is 19.4. The number of nitrogens with one attached hydrogen (secondary N) is 1. The summed E-state index contributed by atoms with van der Waals surface area (Å²) in [4.78, 5) is 28.5. The highest BCUT2D eigenvalue weighted by Crippen LogP contribution is 2.30. The maximum absolute atomic E-state index is 12.5. The van der Waals surface area contributed by atoms with E-state index in [1.165, 1.54) is 6.33 Å². The van der Waals surface area contributed by atoms with Gasteiger partial charge in [0.15, 0.2) is 0 Å². The number of para-hydroxylation sites is 1. The topological polar surface area (TPSA) is 93.5 Å². The van der Waals surface area contributed by atoms with Crippen molar-refractivity contribution in [1.29, 1.82) is 0 Å². The molecule has 1 unspecified atom stereocenters. The van der Waals surface area contributed by atoms with Crippen LogP contribution in [0.15, 0.2) is 59.7 Å². The Labute approximate surface area is 168 Å². The molecular weight excluding hydrogens is 403 g/mol. The standard InChI is InChI=1S/C20H18F3N3O4/c21-20(22,23)13-5-7-15(8-6-13)30-11-14(27)9-24-18(28)10-26-12-25-17-4-2-1-3-16(17)19(26)29/h1-8,12,14,27H,9-11H2,(H,24,28). The van der Waals surface area contributed by atoms with Gasteiger partial charge in [-0.3, -0.25) is 14.2 Å². The second kappa shape index (κ2) is 8.95. The molecule has 7 nitrogen and oxygen atoms in total. The molecular formula is C20H18F3N3O4. The molecule has 0 saturated heterocycles. The van der Waals surface area contributed by atoms with E-state index in [9.17, 15) is 27.9 Å². The van der Waals surface area contributed by atoms with Crippen molar-refractivity contribution in [2.75, 3.05) is 13.2 Å². The molecule has 0 aliphatic heterocycles. The van der Waals surface area contributed by atoms with Gasteiger partial charge < -0.3 is 15.2 Å². The van der Waals surface area contributed by atoms with Crippen LogP contribution in [0.4, 0.5) is 13.2 Å². The number of benzene rings is 2. The highest BCUT2D eigenvalue weighted by molar-refractivity contribution is 5.78. The van der Waals surface area contributed by atoms with Crippen molar-refractivity contribution < 1.29 is 27.8 Å². The minimum absolute atomic E-state index is 0.155. The molecule has 2 N–H and O–H groups in total. The number of amides is 1. The smallest absolute Gasteiger partial charge is 0.416 e. The summed E-state index contributed by atoms with van der Waals surface area (Å²) in [6.07, 6.45) is -4.26. The molecule has 1 heterocycles. The van der Waals surface area contributed by atoms with Crippen LogP contribution in [-0.2, 0) is 17.5 Å². The molecule has 2 aromatic carbocycles. The fourth-order valence-electron chi connectivity index (χ4n) is 2.65. The third-order valence-electron chi connectivity index (χ3n) is 4.20. The van der Waals surface area contributed by atoms with E-state index >= 15 is 0 Å². The molecule has 1 amide bonds. The van der Waals surface area contributed by atoms with Crippen molar-refractivity contribution in [3.8, 4) is 5.75 Å². The second-order valence-corrected chi connectivity index (χ2v) is 6.49. The maximum Gasteiger partial charge on any atom is 0.416 e. The molecule has 0 fully saturated rings. The van der Waals surface area contributed by atoms with Crippen LogP contribution in [0.5, 0.6) is 5.75 Å². The van der Waals surface area contributed by atoms with Crippen molar-refractivity contribution >= 4 is 16.8 Å². The third kappa shape index (κ3) is 5.35. The molecule has 3 rings (SSSR count). The van der Waals surface area contributed by atoms with E-state index in [1.54, 1.807) is 24.3 Å². The van der Waals surface area contributed by atoms with E-state index in [2.05, 4.69) is 10.3 Å². The molecule has 10 heteroatoms. The molecule has 0 bridgehead atoms. The molecule has 1 aromatic heterocycles. The summed E-state index contributed by atoms with van der Waals surface area (Å²) in [5.74, 6) is -0.357. The number of carbonyl (C=O) groups is 1. The summed E-state index contributed by atoms with van der Waals surface area (Å²) >= 11 is 0. The number of ether oxygens (including phenoxy) is 1. The first kappa shape index (κ1) is 21.3. The minimum atomic E-state index is -4.44. The summed E-state index contributed by atoms with van der Waals surface area (Å²) in [7, 11) is 0. The number of fused-ring (bicyclic) bond motifs is 1. The Bertz CT molecular complexity index is 1080. The number of aromatic nitrogens is 2. The number of hydrogen-bond acceptors (Lipinski definition) is 5. The summed E-state index contributed by atoms with van der Waals surface area (Å²) in [5.41, 5.74) is -0.641. The van der Waals surface area contributed by atoms with Gasteiger partial charge in [-0.2, -0.15) is 13.2 Å². The van der Waals surface area contributed by atoms with Gasteiger partial charge in [-0.05, 0) is 36.4 Å². The molecule has 3 aromatic rings. The lowest BCUT2D eigenvalue weighted by Crippen LogP contribution is -2.38. The van der Waals surface area contributed by atoms with E-state index in [0.29, 0.717) is 10.9 Å². The molecule has 30 heavy (non-hydrogen) atoms. The number of halogens is 3. The van der Waals surface area contributed by atoms with E-state index in [1.807, 2.05) is 0 Å². The predicted molar refractivity (Wildman–Crippen MR) is 102 cm³/mol. The van der Waals surface area contributed by atoms with Crippen LogP contribution in [0.2, 0.25) is 0 Å². The SMILES string of the molecule is O=C(Cn1cnc2ccccc2c1=O)NCC(O)COc1ccc(C(F)(F)F)cc1. The van der Waals surface area contributed by atoms with Gasteiger partial charge in [-0.25, -0.2) is 4.98 Å². The number of aliphatic hydroxyl groups is 1. The van der Waals surface area contributed by atoms with Crippen molar-refractivity contribution in [2.24, 2.45) is 0 Å². The lowest BCUT2D eigenvalue weighted by Gasteiger charge is -2.14. The number of carbonyl (C=O) groups excluding carboxylic acids is 1. The van der Waals surface area contributed by atoms with Gasteiger partial charge in [0.25, 0.3) is 5.56 Å². The molecule has 0 aliphatic carbocycles. The zero-order chi connectivity index (χ0) is 21.7. The van der Waals surface area contributed by atoms with Crippen LogP contribution >= 0.6 is 0 Å². The molecule has 0 radical (unpaired) electrons. The van der Waals surface area contributed by atoms with Crippen molar-refractivity contribution in [3.05, 3.63) is 70.8 Å². The van der Waals surface area contributed by atoms with E-state index in [-0.39, 0.29) is 31.0 Å². The normalized spacial score (nSPS) is 12.5. The lowest BCUT2D eigenvalue weighted by molar-refractivity contribution is -0.137. The van der Waals surface area contributed by atoms with Gasteiger partial charge in [0, 0.05) is 6.54 Å². The largest absolute Gasteiger partial charge is 0.491 e. The number of nitrogens with zero attached hydrogens (tertiary/aromatic N) is 2. The van der Waals surface area contributed by atoms with Crippen molar-refractivity contribution in [3.63, 3.8) is 0 Å².